The molecule has 0 saturated carbocycles. The molecule has 0 saturated heterocycles. The van der Waals surface area contributed by atoms with Crippen LogP contribution in [-0.2, 0) is 0 Å². The first kappa shape index (κ1) is 12.3. The summed E-state index contributed by atoms with van der Waals surface area (Å²) in [6, 6.07) is 8.19. The van der Waals surface area contributed by atoms with Gasteiger partial charge in [0.15, 0.2) is 0 Å². The summed E-state index contributed by atoms with van der Waals surface area (Å²) >= 11 is 8.67. The molecule has 0 bridgehead atoms. The number of hydrogen-bond donors (Lipinski definition) is 1. The predicted molar refractivity (Wildman–Crippen MR) is 76.9 cm³/mol. The van der Waals surface area contributed by atoms with Gasteiger partial charge in [-0.25, -0.2) is 0 Å². The second-order valence-electron chi connectivity index (χ2n) is 3.61. The molecule has 1 heterocycles. The lowest BCUT2D eigenvalue weighted by Gasteiger charge is -2.14. The highest BCUT2D eigenvalue weighted by molar-refractivity contribution is 9.10. The molecular formula is C12H11Br2NS. The summed E-state index contributed by atoms with van der Waals surface area (Å²) in [5.41, 5.74) is 8.66. The van der Waals surface area contributed by atoms with Crippen molar-refractivity contribution in [1.82, 2.24) is 0 Å². The molecule has 0 spiro atoms. The summed E-state index contributed by atoms with van der Waals surface area (Å²) in [7, 11) is 0. The van der Waals surface area contributed by atoms with Crippen molar-refractivity contribution >= 4 is 43.2 Å². The van der Waals surface area contributed by atoms with Crippen LogP contribution in [0.5, 0.6) is 0 Å². The maximum atomic E-state index is 6.28. The molecule has 0 amide bonds. The Bertz CT molecular complexity index is 507. The highest BCUT2D eigenvalue weighted by Gasteiger charge is 2.15. The van der Waals surface area contributed by atoms with Crippen LogP contribution in [-0.4, -0.2) is 0 Å². The van der Waals surface area contributed by atoms with E-state index in [1.165, 1.54) is 16.0 Å². The minimum Gasteiger partial charge on any atom is -0.320 e. The fourth-order valence-electron chi connectivity index (χ4n) is 1.66. The zero-order chi connectivity index (χ0) is 11.7. The second-order valence-corrected chi connectivity index (χ2v) is 6.33. The minimum atomic E-state index is -0.0533. The van der Waals surface area contributed by atoms with Crippen molar-refractivity contribution in [2.75, 3.05) is 0 Å². The van der Waals surface area contributed by atoms with E-state index in [9.17, 15) is 0 Å². The summed E-state index contributed by atoms with van der Waals surface area (Å²) in [4.78, 5) is 1.17. The van der Waals surface area contributed by atoms with Gasteiger partial charge >= 0.3 is 0 Å². The Hall–Kier alpha value is -0.160. The Kier molecular flexibility index (Phi) is 3.85. The number of benzene rings is 1. The van der Waals surface area contributed by atoms with E-state index in [2.05, 4.69) is 50.9 Å². The Morgan fingerprint density at radius 2 is 2.00 bits per heavy atom. The van der Waals surface area contributed by atoms with E-state index in [0.29, 0.717) is 0 Å². The first-order chi connectivity index (χ1) is 7.59. The summed E-state index contributed by atoms with van der Waals surface area (Å²) in [5, 5.41) is 2.05. The van der Waals surface area contributed by atoms with Crippen molar-refractivity contribution < 1.29 is 0 Å². The first-order valence-corrected chi connectivity index (χ1v) is 7.30. The molecule has 1 aromatic carbocycles. The zero-order valence-electron chi connectivity index (χ0n) is 8.71. The smallest absolute Gasteiger partial charge is 0.0660 e. The average molecular weight is 361 g/mol. The van der Waals surface area contributed by atoms with E-state index in [1.807, 2.05) is 17.5 Å². The van der Waals surface area contributed by atoms with Gasteiger partial charge in [0.05, 0.1) is 6.04 Å². The quantitative estimate of drug-likeness (QED) is 0.830. The molecule has 0 aliphatic carbocycles. The summed E-state index contributed by atoms with van der Waals surface area (Å²) in [5.74, 6) is 0. The van der Waals surface area contributed by atoms with E-state index in [1.54, 1.807) is 11.3 Å². The van der Waals surface area contributed by atoms with Crippen LogP contribution in [0.4, 0.5) is 0 Å². The van der Waals surface area contributed by atoms with E-state index in [4.69, 9.17) is 5.73 Å². The van der Waals surface area contributed by atoms with Crippen molar-refractivity contribution in [2.45, 2.75) is 13.0 Å². The van der Waals surface area contributed by atoms with Crippen LogP contribution in [0.15, 0.2) is 38.6 Å². The van der Waals surface area contributed by atoms with Crippen LogP contribution >= 0.6 is 43.2 Å². The van der Waals surface area contributed by atoms with Gasteiger partial charge in [-0.05, 0) is 57.6 Å². The monoisotopic (exact) mass is 359 g/mol. The van der Waals surface area contributed by atoms with Crippen molar-refractivity contribution in [1.29, 1.82) is 0 Å². The van der Waals surface area contributed by atoms with Gasteiger partial charge in [-0.15, -0.1) is 11.3 Å². The molecule has 0 fully saturated rings. The third kappa shape index (κ3) is 2.40. The number of thiophene rings is 1. The summed E-state index contributed by atoms with van der Waals surface area (Å²) in [6.07, 6.45) is 0. The Morgan fingerprint density at radius 1 is 1.25 bits per heavy atom. The normalized spacial score (nSPS) is 12.8. The first-order valence-electron chi connectivity index (χ1n) is 4.84. The molecule has 1 atom stereocenters. The van der Waals surface area contributed by atoms with Gasteiger partial charge in [-0.2, -0.15) is 0 Å². The number of nitrogens with two attached hydrogens (primary N) is 1. The molecule has 0 aliphatic heterocycles. The van der Waals surface area contributed by atoms with Crippen LogP contribution < -0.4 is 5.73 Å². The molecule has 16 heavy (non-hydrogen) atoms. The van der Waals surface area contributed by atoms with Crippen LogP contribution in [0.3, 0.4) is 0 Å². The molecule has 0 aliphatic rings. The Balaban J connectivity index is 2.41. The van der Waals surface area contributed by atoms with Crippen molar-refractivity contribution in [2.24, 2.45) is 5.73 Å². The molecule has 1 aromatic heterocycles. The van der Waals surface area contributed by atoms with E-state index in [-0.39, 0.29) is 6.04 Å². The molecule has 84 valence electrons. The van der Waals surface area contributed by atoms with Crippen molar-refractivity contribution in [3.8, 4) is 0 Å². The highest BCUT2D eigenvalue weighted by atomic mass is 79.9. The molecule has 0 radical (unpaired) electrons. The molecule has 2 aromatic rings. The lowest BCUT2D eigenvalue weighted by molar-refractivity contribution is 0.877. The van der Waals surface area contributed by atoms with Crippen LogP contribution in [0.1, 0.15) is 22.0 Å². The average Bonchev–Trinajstić information content (AvgIpc) is 2.63. The lowest BCUT2D eigenvalue weighted by atomic mass is 10.0. The Labute approximate surface area is 116 Å². The van der Waals surface area contributed by atoms with Crippen molar-refractivity contribution in [3.05, 3.63) is 54.6 Å². The summed E-state index contributed by atoms with van der Waals surface area (Å²) < 4.78 is 2.18. The molecule has 1 nitrogen and oxygen atoms in total. The second kappa shape index (κ2) is 5.00. The maximum absolute atomic E-state index is 6.28. The maximum Gasteiger partial charge on any atom is 0.0660 e. The van der Waals surface area contributed by atoms with Gasteiger partial charge in [0.2, 0.25) is 0 Å². The number of hydrogen-bond acceptors (Lipinski definition) is 2. The van der Waals surface area contributed by atoms with E-state index >= 15 is 0 Å². The van der Waals surface area contributed by atoms with E-state index < -0.39 is 0 Å². The molecule has 4 heteroatoms. The van der Waals surface area contributed by atoms with Gasteiger partial charge in [0, 0.05) is 13.8 Å². The van der Waals surface area contributed by atoms with E-state index in [0.717, 1.165) is 8.95 Å². The summed E-state index contributed by atoms with van der Waals surface area (Å²) in [6.45, 7) is 2.08. The fourth-order valence-corrected chi connectivity index (χ4v) is 3.77. The van der Waals surface area contributed by atoms with Gasteiger partial charge in [-0.3, -0.25) is 0 Å². The molecular weight excluding hydrogens is 350 g/mol. The van der Waals surface area contributed by atoms with Gasteiger partial charge < -0.3 is 5.73 Å². The van der Waals surface area contributed by atoms with Crippen LogP contribution in [0, 0.1) is 6.92 Å². The number of rotatable bonds is 2. The van der Waals surface area contributed by atoms with Crippen molar-refractivity contribution in [3.63, 3.8) is 0 Å². The largest absolute Gasteiger partial charge is 0.320 e. The number of halogens is 2. The topological polar surface area (TPSA) is 26.0 Å². The SMILES string of the molecule is Cc1cc(Br)ccc1C(N)c1sccc1Br. The zero-order valence-corrected chi connectivity index (χ0v) is 12.7. The predicted octanol–water partition coefficient (Wildman–Crippen LogP) is 4.63. The Morgan fingerprint density at radius 3 is 2.56 bits per heavy atom. The molecule has 1 unspecified atom stereocenters. The standard InChI is InChI=1S/C12H11Br2NS/c1-7-6-8(13)2-3-9(7)11(15)12-10(14)4-5-16-12/h2-6,11H,15H2,1H3. The third-order valence-electron chi connectivity index (χ3n) is 2.49. The van der Waals surface area contributed by atoms with Gasteiger partial charge in [-0.1, -0.05) is 22.0 Å². The lowest BCUT2D eigenvalue weighted by Crippen LogP contribution is -2.12. The van der Waals surface area contributed by atoms with Gasteiger partial charge in [0.25, 0.3) is 0 Å². The minimum absolute atomic E-state index is 0.0533. The van der Waals surface area contributed by atoms with Crippen LogP contribution in [0.25, 0.3) is 0 Å². The fraction of sp³-hybridized carbons (Fsp3) is 0.167. The third-order valence-corrected chi connectivity index (χ3v) is 4.94. The molecule has 2 N–H and O–H groups in total. The number of aryl methyl sites for hydroxylation is 1. The van der Waals surface area contributed by atoms with Gasteiger partial charge in [0.1, 0.15) is 0 Å². The molecule has 2 rings (SSSR count). The van der Waals surface area contributed by atoms with Crippen LogP contribution in [0.2, 0.25) is 0 Å². The highest BCUT2D eigenvalue weighted by Crippen LogP contribution is 2.33.